The fraction of sp³-hybridized carbons (Fsp3) is 0.467. The van der Waals surface area contributed by atoms with Crippen LogP contribution in [0.1, 0.15) is 30.0 Å². The molecule has 0 aliphatic rings. The highest BCUT2D eigenvalue weighted by molar-refractivity contribution is 5.87. The van der Waals surface area contributed by atoms with Crippen LogP contribution in [-0.4, -0.2) is 11.1 Å². The Labute approximate surface area is 103 Å². The molecule has 0 fully saturated rings. The summed E-state index contributed by atoms with van der Waals surface area (Å²) in [6.45, 7) is 8.39. The molecule has 1 aromatic heterocycles. The number of benzene rings is 1. The molecule has 0 bridgehead atoms. The van der Waals surface area contributed by atoms with E-state index in [-0.39, 0.29) is 0 Å². The van der Waals surface area contributed by atoms with Crippen LogP contribution in [0.4, 0.5) is 0 Å². The van der Waals surface area contributed by atoms with Gasteiger partial charge < -0.3 is 10.3 Å². The molecule has 92 valence electrons. The molecule has 0 aliphatic heterocycles. The SMILES string of the molecule is CCCn1cc(CCN)c2cc(C)cc(C)c21. The Balaban J connectivity index is 2.67. The second-order valence-corrected chi connectivity index (χ2v) is 4.86. The Morgan fingerprint density at radius 2 is 2.00 bits per heavy atom. The van der Waals surface area contributed by atoms with Gasteiger partial charge >= 0.3 is 0 Å². The maximum Gasteiger partial charge on any atom is 0.0513 e. The highest BCUT2D eigenvalue weighted by Gasteiger charge is 2.10. The fourth-order valence-corrected chi connectivity index (χ4v) is 2.68. The van der Waals surface area contributed by atoms with Gasteiger partial charge in [0.25, 0.3) is 0 Å². The zero-order valence-corrected chi connectivity index (χ0v) is 11.1. The third-order valence-corrected chi connectivity index (χ3v) is 3.27. The Morgan fingerprint density at radius 1 is 1.24 bits per heavy atom. The van der Waals surface area contributed by atoms with Gasteiger partial charge in [0, 0.05) is 18.1 Å². The van der Waals surface area contributed by atoms with E-state index in [0.717, 1.165) is 19.5 Å². The van der Waals surface area contributed by atoms with Crippen LogP contribution < -0.4 is 5.73 Å². The van der Waals surface area contributed by atoms with Crippen molar-refractivity contribution in [1.82, 2.24) is 4.57 Å². The van der Waals surface area contributed by atoms with E-state index in [9.17, 15) is 0 Å². The van der Waals surface area contributed by atoms with Gasteiger partial charge in [0.1, 0.15) is 0 Å². The summed E-state index contributed by atoms with van der Waals surface area (Å²) >= 11 is 0. The van der Waals surface area contributed by atoms with E-state index in [1.165, 1.54) is 34.0 Å². The average molecular weight is 230 g/mol. The van der Waals surface area contributed by atoms with Crippen molar-refractivity contribution in [2.45, 2.75) is 40.2 Å². The maximum absolute atomic E-state index is 5.70. The van der Waals surface area contributed by atoms with Crippen molar-refractivity contribution < 1.29 is 0 Å². The van der Waals surface area contributed by atoms with Crippen LogP contribution in [0.5, 0.6) is 0 Å². The molecule has 0 aliphatic carbocycles. The van der Waals surface area contributed by atoms with E-state index in [4.69, 9.17) is 5.73 Å². The quantitative estimate of drug-likeness (QED) is 0.859. The number of aromatic nitrogens is 1. The molecule has 0 saturated heterocycles. The molecular formula is C15H22N2. The number of rotatable bonds is 4. The van der Waals surface area contributed by atoms with Gasteiger partial charge in [0.2, 0.25) is 0 Å². The van der Waals surface area contributed by atoms with E-state index in [0.29, 0.717) is 0 Å². The van der Waals surface area contributed by atoms with Gasteiger partial charge in [-0.2, -0.15) is 0 Å². The van der Waals surface area contributed by atoms with E-state index in [1.807, 2.05) is 0 Å². The van der Waals surface area contributed by atoms with Crippen molar-refractivity contribution in [3.63, 3.8) is 0 Å². The van der Waals surface area contributed by atoms with E-state index in [2.05, 4.69) is 43.7 Å². The summed E-state index contributed by atoms with van der Waals surface area (Å²) in [6, 6.07) is 4.56. The fourth-order valence-electron chi connectivity index (χ4n) is 2.68. The molecule has 0 unspecified atom stereocenters. The summed E-state index contributed by atoms with van der Waals surface area (Å²) in [7, 11) is 0. The van der Waals surface area contributed by atoms with Gasteiger partial charge in [0.15, 0.2) is 0 Å². The smallest absolute Gasteiger partial charge is 0.0513 e. The zero-order chi connectivity index (χ0) is 12.4. The molecule has 0 saturated carbocycles. The van der Waals surface area contributed by atoms with Gasteiger partial charge in [-0.3, -0.25) is 0 Å². The highest BCUT2D eigenvalue weighted by Crippen LogP contribution is 2.26. The Bertz CT molecular complexity index is 523. The zero-order valence-electron chi connectivity index (χ0n) is 11.1. The Kier molecular flexibility index (Phi) is 3.53. The van der Waals surface area contributed by atoms with Gasteiger partial charge in [-0.1, -0.05) is 18.6 Å². The summed E-state index contributed by atoms with van der Waals surface area (Å²) in [5.41, 5.74) is 11.2. The molecular weight excluding hydrogens is 208 g/mol. The molecule has 2 nitrogen and oxygen atoms in total. The number of hydrogen-bond acceptors (Lipinski definition) is 1. The number of nitrogens with two attached hydrogens (primary N) is 1. The minimum Gasteiger partial charge on any atom is -0.347 e. The summed E-state index contributed by atoms with van der Waals surface area (Å²) in [5, 5.41) is 1.39. The first-order chi connectivity index (χ1) is 8.17. The molecule has 0 spiro atoms. The largest absolute Gasteiger partial charge is 0.347 e. The van der Waals surface area contributed by atoms with E-state index in [1.54, 1.807) is 0 Å². The van der Waals surface area contributed by atoms with Crippen molar-refractivity contribution in [3.05, 3.63) is 35.0 Å². The van der Waals surface area contributed by atoms with Crippen molar-refractivity contribution in [1.29, 1.82) is 0 Å². The normalized spacial score (nSPS) is 11.3. The first kappa shape index (κ1) is 12.2. The number of nitrogens with zero attached hydrogens (tertiary/aromatic N) is 1. The summed E-state index contributed by atoms with van der Waals surface area (Å²) < 4.78 is 2.38. The monoisotopic (exact) mass is 230 g/mol. The molecule has 2 rings (SSSR count). The second kappa shape index (κ2) is 4.92. The van der Waals surface area contributed by atoms with Gasteiger partial charge in [-0.05, 0) is 50.4 Å². The average Bonchev–Trinajstić information content (AvgIpc) is 2.58. The lowest BCUT2D eigenvalue weighted by molar-refractivity contribution is 0.699. The molecule has 2 heteroatoms. The lowest BCUT2D eigenvalue weighted by atomic mass is 10.0. The van der Waals surface area contributed by atoms with Crippen molar-refractivity contribution in [2.75, 3.05) is 6.54 Å². The molecule has 0 radical (unpaired) electrons. The third kappa shape index (κ3) is 2.22. The molecule has 2 N–H and O–H groups in total. The van der Waals surface area contributed by atoms with Gasteiger partial charge in [-0.25, -0.2) is 0 Å². The molecule has 2 aromatic rings. The Hall–Kier alpha value is -1.28. The second-order valence-electron chi connectivity index (χ2n) is 4.86. The van der Waals surface area contributed by atoms with Crippen LogP contribution in [0.25, 0.3) is 10.9 Å². The molecule has 17 heavy (non-hydrogen) atoms. The van der Waals surface area contributed by atoms with E-state index < -0.39 is 0 Å². The van der Waals surface area contributed by atoms with Gasteiger partial charge in [0.05, 0.1) is 5.52 Å². The molecule has 0 amide bonds. The van der Waals surface area contributed by atoms with Crippen molar-refractivity contribution in [3.8, 4) is 0 Å². The molecule has 0 atom stereocenters. The Morgan fingerprint density at radius 3 is 2.65 bits per heavy atom. The molecule has 1 heterocycles. The topological polar surface area (TPSA) is 30.9 Å². The maximum atomic E-state index is 5.70. The van der Waals surface area contributed by atoms with Crippen LogP contribution in [0.2, 0.25) is 0 Å². The summed E-state index contributed by atoms with van der Waals surface area (Å²) in [5.74, 6) is 0. The van der Waals surface area contributed by atoms with Crippen LogP contribution in [-0.2, 0) is 13.0 Å². The lowest BCUT2D eigenvalue weighted by Gasteiger charge is -2.06. The highest BCUT2D eigenvalue weighted by atomic mass is 15.0. The minimum absolute atomic E-state index is 0.720. The molecule has 1 aromatic carbocycles. The van der Waals surface area contributed by atoms with Crippen LogP contribution in [0.15, 0.2) is 18.3 Å². The van der Waals surface area contributed by atoms with Gasteiger partial charge in [-0.15, -0.1) is 0 Å². The van der Waals surface area contributed by atoms with Crippen LogP contribution in [0.3, 0.4) is 0 Å². The van der Waals surface area contributed by atoms with Crippen molar-refractivity contribution in [2.24, 2.45) is 5.73 Å². The predicted octanol–water partition coefficient (Wildman–Crippen LogP) is 3.17. The van der Waals surface area contributed by atoms with Crippen LogP contribution >= 0.6 is 0 Å². The number of fused-ring (bicyclic) bond motifs is 1. The first-order valence-corrected chi connectivity index (χ1v) is 6.46. The standard InChI is InChI=1S/C15H22N2/c1-4-7-17-10-13(5-6-16)14-9-11(2)8-12(3)15(14)17/h8-10H,4-7,16H2,1-3H3. The third-order valence-electron chi connectivity index (χ3n) is 3.27. The number of hydrogen-bond donors (Lipinski definition) is 1. The minimum atomic E-state index is 0.720. The predicted molar refractivity (Wildman–Crippen MR) is 74.5 cm³/mol. The van der Waals surface area contributed by atoms with Crippen LogP contribution in [0, 0.1) is 13.8 Å². The number of aryl methyl sites for hydroxylation is 3. The lowest BCUT2D eigenvalue weighted by Crippen LogP contribution is -2.02. The summed E-state index contributed by atoms with van der Waals surface area (Å²) in [6.07, 6.45) is 4.42. The van der Waals surface area contributed by atoms with Crippen molar-refractivity contribution >= 4 is 10.9 Å². The van der Waals surface area contributed by atoms with E-state index >= 15 is 0 Å². The first-order valence-electron chi connectivity index (χ1n) is 6.46. The summed E-state index contributed by atoms with van der Waals surface area (Å²) in [4.78, 5) is 0.